The van der Waals surface area contributed by atoms with Crippen LogP contribution in [0, 0.1) is 30.0 Å². The highest BCUT2D eigenvalue weighted by Gasteiger charge is 2.23. The Balaban J connectivity index is 1.65. The van der Waals surface area contributed by atoms with Crippen LogP contribution in [-0.4, -0.2) is 15.0 Å². The van der Waals surface area contributed by atoms with E-state index in [0.717, 1.165) is 12.3 Å². The second kappa shape index (κ2) is 9.61. The summed E-state index contributed by atoms with van der Waals surface area (Å²) in [5.74, 6) is -2.39. The molecule has 5 rings (SSSR count). The zero-order valence-corrected chi connectivity index (χ0v) is 19.4. The topological polar surface area (TPSA) is 123 Å². The Kier molecular flexibility index (Phi) is 5.87. The second-order valence-electron chi connectivity index (χ2n) is 7.72. The van der Waals surface area contributed by atoms with Gasteiger partial charge in [0.05, 0.1) is 46.8 Å². The maximum absolute atomic E-state index is 13.8. The van der Waals surface area contributed by atoms with E-state index in [1.54, 1.807) is 43.6 Å². The predicted molar refractivity (Wildman–Crippen MR) is 132 cm³/mol. The minimum Gasteiger partial charge on any atom is -0.373 e. The number of hydrogen-bond acceptors (Lipinski definition) is 9. The van der Waals surface area contributed by atoms with Gasteiger partial charge in [0.15, 0.2) is 5.82 Å². The van der Waals surface area contributed by atoms with Gasteiger partial charge in [0.1, 0.15) is 6.07 Å². The molecule has 1 aliphatic heterocycles. The number of anilines is 3. The number of hydrazine groups is 2. The third-order valence-corrected chi connectivity index (χ3v) is 5.70. The quantitative estimate of drug-likeness (QED) is 0.241. The molecule has 9 nitrogen and oxygen atoms in total. The molecule has 0 aliphatic carbocycles. The van der Waals surface area contributed by atoms with Gasteiger partial charge < -0.3 is 21.5 Å². The number of nitriles is 1. The molecule has 0 saturated heterocycles. The average molecular weight is 507 g/mol. The summed E-state index contributed by atoms with van der Waals surface area (Å²) >= 11 is 6.58. The van der Waals surface area contributed by atoms with E-state index in [1.165, 1.54) is 6.20 Å². The third kappa shape index (κ3) is 4.43. The first kappa shape index (κ1) is 22.0. The zero-order chi connectivity index (χ0) is 26.2. The molecule has 12 heteroatoms. The van der Waals surface area contributed by atoms with Crippen LogP contribution in [0.15, 0.2) is 60.8 Å². The first-order chi connectivity index (χ1) is 17.8. The summed E-state index contributed by atoms with van der Waals surface area (Å²) in [5, 5.41) is 16.5. The Labute approximate surface area is 210 Å². The molecular formula is C24H18ClF2N9. The summed E-state index contributed by atoms with van der Waals surface area (Å²) < 4.78 is 36.6. The van der Waals surface area contributed by atoms with E-state index in [1.807, 2.05) is 6.07 Å². The number of hydrogen-bond donors (Lipinski definition) is 5. The molecule has 4 heterocycles. The molecule has 0 bridgehead atoms. The lowest BCUT2D eigenvalue weighted by atomic mass is 10.0. The van der Waals surface area contributed by atoms with Crippen molar-refractivity contribution in [3.63, 3.8) is 0 Å². The minimum absolute atomic E-state index is 0.121. The van der Waals surface area contributed by atoms with Crippen molar-refractivity contribution in [1.29, 1.82) is 5.26 Å². The lowest BCUT2D eigenvalue weighted by molar-refractivity contribution is 0.480. The number of nitrogens with zero attached hydrogens (tertiary/aromatic N) is 4. The van der Waals surface area contributed by atoms with Crippen molar-refractivity contribution in [2.75, 3.05) is 10.6 Å². The Morgan fingerprint density at radius 2 is 2.03 bits per heavy atom. The Bertz CT molecular complexity index is 1610. The van der Waals surface area contributed by atoms with Crippen molar-refractivity contribution in [2.24, 2.45) is 0 Å². The number of aromatic nitrogens is 3. The van der Waals surface area contributed by atoms with E-state index < -0.39 is 17.8 Å². The maximum Gasteiger partial charge on any atom is 0.249 e. The van der Waals surface area contributed by atoms with Crippen molar-refractivity contribution in [3.8, 4) is 6.07 Å². The van der Waals surface area contributed by atoms with Crippen LogP contribution in [-0.2, 0) is 0 Å². The number of rotatable bonds is 6. The van der Waals surface area contributed by atoms with Crippen LogP contribution in [0.25, 0.3) is 10.9 Å². The molecule has 0 fully saturated rings. The lowest BCUT2D eigenvalue weighted by Crippen LogP contribution is -2.34. The highest BCUT2D eigenvalue weighted by molar-refractivity contribution is 6.36. The van der Waals surface area contributed by atoms with Crippen molar-refractivity contribution in [2.45, 2.75) is 12.9 Å². The fraction of sp³-hybridized carbons (Fsp3) is 0.0833. The molecule has 3 aromatic heterocycles. The smallest absolute Gasteiger partial charge is 0.249 e. The van der Waals surface area contributed by atoms with E-state index in [9.17, 15) is 15.4 Å². The monoisotopic (exact) mass is 506 g/mol. The Hall–Kier alpha value is -4.53. The van der Waals surface area contributed by atoms with Gasteiger partial charge in [0, 0.05) is 47.0 Å². The Morgan fingerprint density at radius 1 is 1.17 bits per heavy atom. The van der Waals surface area contributed by atoms with Crippen molar-refractivity contribution >= 4 is 39.6 Å². The third-order valence-electron chi connectivity index (χ3n) is 5.41. The summed E-state index contributed by atoms with van der Waals surface area (Å²) in [4.78, 5) is 12.0. The normalized spacial score (nSPS) is 14.6. The largest absolute Gasteiger partial charge is 0.373 e. The number of benzene rings is 1. The maximum atomic E-state index is 13.8. The number of pyridine rings is 3. The molecule has 1 atom stereocenters. The van der Waals surface area contributed by atoms with Crippen LogP contribution in [0.4, 0.5) is 25.8 Å². The molecular weight excluding hydrogens is 488 g/mol. The molecule has 0 saturated carbocycles. The van der Waals surface area contributed by atoms with Crippen LogP contribution in [0.1, 0.15) is 24.2 Å². The second-order valence-corrected chi connectivity index (χ2v) is 8.13. The first-order valence-electron chi connectivity index (χ1n) is 11.1. The molecule has 0 spiro atoms. The van der Waals surface area contributed by atoms with Gasteiger partial charge in [-0.1, -0.05) is 17.7 Å². The molecule has 180 valence electrons. The van der Waals surface area contributed by atoms with E-state index in [-0.39, 0.29) is 22.0 Å². The Morgan fingerprint density at radius 3 is 2.75 bits per heavy atom. The highest BCUT2D eigenvalue weighted by atomic mass is 35.5. The highest BCUT2D eigenvalue weighted by Crippen LogP contribution is 2.37. The number of halogens is 3. The predicted octanol–water partition coefficient (Wildman–Crippen LogP) is 4.49. The fourth-order valence-electron chi connectivity index (χ4n) is 3.74. The molecule has 1 aliphatic rings. The molecule has 0 amide bonds. The zero-order valence-electron chi connectivity index (χ0n) is 19.6. The summed E-state index contributed by atoms with van der Waals surface area (Å²) in [7, 11) is 0. The van der Waals surface area contributed by atoms with E-state index >= 15 is 0 Å². The van der Waals surface area contributed by atoms with Crippen LogP contribution in [0.3, 0.4) is 0 Å². The van der Waals surface area contributed by atoms with Crippen LogP contribution >= 0.6 is 11.6 Å². The molecule has 0 radical (unpaired) electrons. The van der Waals surface area contributed by atoms with Gasteiger partial charge in [0.2, 0.25) is 5.95 Å². The van der Waals surface area contributed by atoms with Gasteiger partial charge in [-0.2, -0.15) is 15.2 Å². The van der Waals surface area contributed by atoms with Gasteiger partial charge in [0.25, 0.3) is 0 Å². The molecule has 5 N–H and O–H groups in total. The van der Waals surface area contributed by atoms with Gasteiger partial charge >= 0.3 is 0 Å². The molecule has 1 aromatic carbocycles. The van der Waals surface area contributed by atoms with E-state index in [0.29, 0.717) is 33.5 Å². The van der Waals surface area contributed by atoms with Gasteiger partial charge in [-0.25, -0.2) is 9.37 Å². The summed E-state index contributed by atoms with van der Waals surface area (Å²) in [6.45, 7) is 1.80. The summed E-state index contributed by atoms with van der Waals surface area (Å²) in [6, 6.07) is 8.22. The molecule has 36 heavy (non-hydrogen) atoms. The van der Waals surface area contributed by atoms with Crippen molar-refractivity contribution in [1.82, 2.24) is 31.3 Å². The van der Waals surface area contributed by atoms with Crippen LogP contribution in [0.2, 0.25) is 5.02 Å². The van der Waals surface area contributed by atoms with Gasteiger partial charge in [-0.15, -0.1) is 0 Å². The number of fused-ring (bicyclic) bond motifs is 1. The summed E-state index contributed by atoms with van der Waals surface area (Å²) in [5.41, 5.74) is 11.4. The standard InChI is InChI=1S/C24H18ClF2N9/c1-12-16(3-2-4-29-12)23(20-11-32-36-35-20)33-14-5-17-21(34-15-7-19(26)24(27)31-10-15)13(8-28)9-30-22(17)18(25)6-14/h2-7,9-11,23,32-33,35-36H,1H3,(H,30,34)/t23-/m1/s1/i23D. The number of nitrogens with one attached hydrogen (secondary N) is 5. The minimum atomic E-state index is -1.54. The SMILES string of the molecule is [2H][C@](Nc1cc(Cl)c2ncc(C#N)c(Nc3cnc(F)c(F)c3)c2c1)(C1=CNNN1)c1cccnc1C. The first-order valence-corrected chi connectivity index (χ1v) is 11.0. The van der Waals surface area contributed by atoms with E-state index in [2.05, 4.69) is 42.0 Å². The van der Waals surface area contributed by atoms with Gasteiger partial charge in [-0.05, 0) is 25.1 Å². The van der Waals surface area contributed by atoms with Crippen molar-refractivity contribution in [3.05, 3.63) is 94.4 Å². The number of aryl methyl sites for hydroxylation is 1. The van der Waals surface area contributed by atoms with E-state index in [4.69, 9.17) is 11.6 Å². The molecule has 4 aromatic rings. The lowest BCUT2D eigenvalue weighted by Gasteiger charge is -2.23. The average Bonchev–Trinajstić information content (AvgIpc) is 3.43. The summed E-state index contributed by atoms with van der Waals surface area (Å²) in [6.07, 6.45) is 5.68. The van der Waals surface area contributed by atoms with Crippen LogP contribution < -0.4 is 27.0 Å². The fourth-order valence-corrected chi connectivity index (χ4v) is 4.01. The van der Waals surface area contributed by atoms with Crippen LogP contribution in [0.5, 0.6) is 0 Å². The van der Waals surface area contributed by atoms with Gasteiger partial charge in [-0.3, -0.25) is 9.97 Å². The van der Waals surface area contributed by atoms with Crippen molar-refractivity contribution < 1.29 is 10.2 Å². The molecule has 0 unspecified atom stereocenters.